The van der Waals surface area contributed by atoms with Crippen LogP contribution >= 0.6 is 0 Å². The van der Waals surface area contributed by atoms with Crippen LogP contribution in [0.3, 0.4) is 0 Å². The Morgan fingerprint density at radius 1 is 1.54 bits per heavy atom. The van der Waals surface area contributed by atoms with Crippen molar-refractivity contribution in [3.05, 3.63) is 0 Å². The first-order chi connectivity index (χ1) is 5.87. The third-order valence-corrected chi connectivity index (χ3v) is 3.32. The van der Waals surface area contributed by atoms with E-state index in [1.165, 1.54) is 12.8 Å². The van der Waals surface area contributed by atoms with Gasteiger partial charge in [0.15, 0.2) is 0 Å². The van der Waals surface area contributed by atoms with Gasteiger partial charge >= 0.3 is 5.97 Å². The van der Waals surface area contributed by atoms with Gasteiger partial charge in [0, 0.05) is 6.04 Å². The second-order valence-electron chi connectivity index (χ2n) is 4.55. The number of likely N-dealkylation sites (N-methyl/N-ethyl adjacent to an activating group) is 1. The van der Waals surface area contributed by atoms with Crippen molar-refractivity contribution in [2.75, 3.05) is 7.05 Å². The molecule has 0 aromatic heterocycles. The zero-order chi connectivity index (χ0) is 10.2. The van der Waals surface area contributed by atoms with Gasteiger partial charge in [0.2, 0.25) is 0 Å². The maximum absolute atomic E-state index is 11.0. The molecule has 1 unspecified atom stereocenters. The molecule has 13 heavy (non-hydrogen) atoms. The predicted octanol–water partition coefficient (Wildman–Crippen LogP) is 1.58. The maximum atomic E-state index is 11.0. The molecular formula is C10H19NO2. The monoisotopic (exact) mass is 185 g/mol. The van der Waals surface area contributed by atoms with Crippen molar-refractivity contribution in [1.82, 2.24) is 4.90 Å². The molecule has 0 bridgehead atoms. The number of nitrogens with zero attached hydrogens (tertiary/aromatic N) is 1. The SMILES string of the molecule is CC(C1CC1)N(C)C(C)(C)C(=O)O. The summed E-state index contributed by atoms with van der Waals surface area (Å²) in [6, 6.07) is 0.381. The van der Waals surface area contributed by atoms with Gasteiger partial charge in [-0.15, -0.1) is 0 Å². The lowest BCUT2D eigenvalue weighted by molar-refractivity contribution is -0.150. The van der Waals surface area contributed by atoms with E-state index in [1.54, 1.807) is 13.8 Å². The molecule has 1 atom stereocenters. The summed E-state index contributed by atoms with van der Waals surface area (Å²) >= 11 is 0. The van der Waals surface area contributed by atoms with Crippen LogP contribution in [0.1, 0.15) is 33.6 Å². The van der Waals surface area contributed by atoms with Gasteiger partial charge in [0.25, 0.3) is 0 Å². The standard InChI is InChI=1S/C10H19NO2/c1-7(8-5-6-8)11(4)10(2,3)9(12)13/h7-8H,5-6H2,1-4H3,(H,12,13). The average Bonchev–Trinajstić information content (AvgIpc) is 2.83. The topological polar surface area (TPSA) is 40.5 Å². The summed E-state index contributed by atoms with van der Waals surface area (Å²) in [7, 11) is 1.90. The molecule has 0 heterocycles. The van der Waals surface area contributed by atoms with Gasteiger partial charge in [-0.1, -0.05) is 0 Å². The summed E-state index contributed by atoms with van der Waals surface area (Å²) in [6.45, 7) is 5.63. The smallest absolute Gasteiger partial charge is 0.323 e. The molecule has 1 aliphatic rings. The van der Waals surface area contributed by atoms with E-state index in [0.717, 1.165) is 0 Å². The maximum Gasteiger partial charge on any atom is 0.323 e. The van der Waals surface area contributed by atoms with E-state index in [-0.39, 0.29) is 0 Å². The van der Waals surface area contributed by atoms with Crippen LogP contribution in [0.5, 0.6) is 0 Å². The third kappa shape index (κ3) is 2.02. The highest BCUT2D eigenvalue weighted by atomic mass is 16.4. The van der Waals surface area contributed by atoms with Crippen LogP contribution in [0.25, 0.3) is 0 Å². The largest absolute Gasteiger partial charge is 0.480 e. The first-order valence-corrected chi connectivity index (χ1v) is 4.83. The van der Waals surface area contributed by atoms with Crippen molar-refractivity contribution in [2.45, 2.75) is 45.2 Å². The minimum atomic E-state index is -0.748. The predicted molar refractivity (Wildman–Crippen MR) is 51.7 cm³/mol. The summed E-state index contributed by atoms with van der Waals surface area (Å²) < 4.78 is 0. The van der Waals surface area contributed by atoms with Gasteiger partial charge in [0.1, 0.15) is 5.54 Å². The van der Waals surface area contributed by atoms with Crippen molar-refractivity contribution >= 4 is 5.97 Å². The van der Waals surface area contributed by atoms with Crippen molar-refractivity contribution in [2.24, 2.45) is 5.92 Å². The van der Waals surface area contributed by atoms with Crippen LogP contribution in [-0.4, -0.2) is 34.6 Å². The van der Waals surface area contributed by atoms with Crippen LogP contribution < -0.4 is 0 Å². The quantitative estimate of drug-likeness (QED) is 0.723. The molecular weight excluding hydrogens is 166 g/mol. The van der Waals surface area contributed by atoms with Crippen LogP contribution in [0.4, 0.5) is 0 Å². The molecule has 1 saturated carbocycles. The minimum Gasteiger partial charge on any atom is -0.480 e. The van der Waals surface area contributed by atoms with Crippen LogP contribution in [0.15, 0.2) is 0 Å². The number of hydrogen-bond donors (Lipinski definition) is 1. The molecule has 1 N–H and O–H groups in total. The van der Waals surface area contributed by atoms with E-state index >= 15 is 0 Å². The molecule has 76 valence electrons. The third-order valence-electron chi connectivity index (χ3n) is 3.32. The lowest BCUT2D eigenvalue weighted by atomic mass is 10.0. The first-order valence-electron chi connectivity index (χ1n) is 4.83. The summed E-state index contributed by atoms with van der Waals surface area (Å²) in [5.41, 5.74) is -0.748. The van der Waals surface area contributed by atoms with Crippen molar-refractivity contribution in [3.63, 3.8) is 0 Å². The molecule has 1 fully saturated rings. The molecule has 1 aliphatic carbocycles. The minimum absolute atomic E-state index is 0.381. The van der Waals surface area contributed by atoms with Crippen molar-refractivity contribution in [1.29, 1.82) is 0 Å². The number of carboxylic acid groups (broad SMARTS) is 1. The van der Waals surface area contributed by atoms with Gasteiger partial charge in [-0.05, 0) is 46.6 Å². The summed E-state index contributed by atoms with van der Waals surface area (Å²) in [6.07, 6.45) is 2.50. The molecule has 0 amide bonds. The number of hydrogen-bond acceptors (Lipinski definition) is 2. The van der Waals surface area contributed by atoms with Gasteiger partial charge in [-0.25, -0.2) is 0 Å². The van der Waals surface area contributed by atoms with E-state index < -0.39 is 11.5 Å². The van der Waals surface area contributed by atoms with Crippen molar-refractivity contribution < 1.29 is 9.90 Å². The van der Waals surface area contributed by atoms with Gasteiger partial charge < -0.3 is 5.11 Å². The number of aliphatic carboxylic acids is 1. The Labute approximate surface area is 79.7 Å². The second-order valence-corrected chi connectivity index (χ2v) is 4.55. The van der Waals surface area contributed by atoms with Gasteiger partial charge in [0.05, 0.1) is 0 Å². The van der Waals surface area contributed by atoms with Gasteiger partial charge in [-0.2, -0.15) is 0 Å². The van der Waals surface area contributed by atoms with E-state index in [4.69, 9.17) is 5.11 Å². The van der Waals surface area contributed by atoms with Crippen molar-refractivity contribution in [3.8, 4) is 0 Å². The van der Waals surface area contributed by atoms with E-state index in [2.05, 4.69) is 6.92 Å². The lowest BCUT2D eigenvalue weighted by Gasteiger charge is -2.36. The Morgan fingerprint density at radius 3 is 2.31 bits per heavy atom. The first kappa shape index (κ1) is 10.5. The van der Waals surface area contributed by atoms with Crippen LogP contribution in [-0.2, 0) is 4.79 Å². The number of carboxylic acids is 1. The van der Waals surface area contributed by atoms with Crippen LogP contribution in [0, 0.1) is 5.92 Å². The molecule has 3 heteroatoms. The fraction of sp³-hybridized carbons (Fsp3) is 0.900. The molecule has 0 aromatic rings. The normalized spacial score (nSPS) is 20.4. The number of carbonyl (C=O) groups is 1. The Hall–Kier alpha value is -0.570. The molecule has 0 aliphatic heterocycles. The zero-order valence-corrected chi connectivity index (χ0v) is 8.87. The molecule has 0 spiro atoms. The summed E-state index contributed by atoms with van der Waals surface area (Å²) in [4.78, 5) is 12.9. The highest BCUT2D eigenvalue weighted by Gasteiger charge is 2.40. The average molecular weight is 185 g/mol. The number of rotatable bonds is 4. The molecule has 0 saturated heterocycles. The van der Waals surface area contributed by atoms with Gasteiger partial charge in [-0.3, -0.25) is 9.69 Å². The molecule has 3 nitrogen and oxygen atoms in total. The molecule has 0 aromatic carbocycles. The highest BCUT2D eigenvalue weighted by molar-refractivity contribution is 5.77. The van der Waals surface area contributed by atoms with E-state index in [0.29, 0.717) is 12.0 Å². The fourth-order valence-electron chi connectivity index (χ4n) is 1.55. The summed E-state index contributed by atoms with van der Waals surface area (Å²) in [5.74, 6) is -0.0360. The van der Waals surface area contributed by atoms with E-state index in [1.807, 2.05) is 11.9 Å². The second kappa shape index (κ2) is 3.29. The highest BCUT2D eigenvalue weighted by Crippen LogP contribution is 2.36. The van der Waals surface area contributed by atoms with E-state index in [9.17, 15) is 4.79 Å². The zero-order valence-electron chi connectivity index (χ0n) is 8.87. The Morgan fingerprint density at radius 2 is 2.00 bits per heavy atom. The molecule has 1 rings (SSSR count). The fourth-order valence-corrected chi connectivity index (χ4v) is 1.55. The Kier molecular flexibility index (Phi) is 2.66. The molecule has 0 radical (unpaired) electrons. The lowest BCUT2D eigenvalue weighted by Crippen LogP contribution is -2.52. The summed E-state index contributed by atoms with van der Waals surface area (Å²) in [5, 5.41) is 9.02. The Bertz CT molecular complexity index is 209. The van der Waals surface area contributed by atoms with Crippen LogP contribution in [0.2, 0.25) is 0 Å². The Balaban J connectivity index is 2.63.